The van der Waals surface area contributed by atoms with Gasteiger partial charge in [0.2, 0.25) is 0 Å². The second-order valence-electron chi connectivity index (χ2n) is 4.77. The van der Waals surface area contributed by atoms with Crippen LogP contribution in [0.15, 0.2) is 53.6 Å². The van der Waals surface area contributed by atoms with Crippen molar-refractivity contribution in [2.24, 2.45) is 5.73 Å². The number of allylic oxidation sites excluding steroid dienone is 3. The van der Waals surface area contributed by atoms with Crippen LogP contribution in [-0.4, -0.2) is 0 Å². The van der Waals surface area contributed by atoms with Crippen LogP contribution in [0.5, 0.6) is 0 Å². The van der Waals surface area contributed by atoms with Gasteiger partial charge in [-0.1, -0.05) is 53.6 Å². The fourth-order valence-electron chi connectivity index (χ4n) is 1.75. The maximum atomic E-state index is 6.14. The Kier molecular flexibility index (Phi) is 5.71. The second-order valence-corrected chi connectivity index (χ2v) is 4.77. The van der Waals surface area contributed by atoms with Gasteiger partial charge < -0.3 is 5.73 Å². The standard InChI is InChI=1S/C16H23N/c1-13(2)8-7-9-14(3)12-16(17)15-10-5-4-6-11-15/h4-6,8,10-12,16H,7,9,17H2,1-3H3/b14-12+. The lowest BCUT2D eigenvalue weighted by molar-refractivity contribution is 0.870. The third-order valence-electron chi connectivity index (χ3n) is 2.74. The molecule has 0 aromatic heterocycles. The Bertz CT molecular complexity index is 383. The summed E-state index contributed by atoms with van der Waals surface area (Å²) >= 11 is 0. The highest BCUT2D eigenvalue weighted by atomic mass is 14.6. The molecular formula is C16H23N. The van der Waals surface area contributed by atoms with E-state index in [1.165, 1.54) is 16.7 Å². The Hall–Kier alpha value is -1.34. The molecule has 1 heteroatoms. The van der Waals surface area contributed by atoms with Crippen LogP contribution in [-0.2, 0) is 0 Å². The predicted molar refractivity (Wildman–Crippen MR) is 75.8 cm³/mol. The lowest BCUT2D eigenvalue weighted by Crippen LogP contribution is -2.07. The molecule has 1 aromatic rings. The van der Waals surface area contributed by atoms with Crippen molar-refractivity contribution >= 4 is 0 Å². The SMILES string of the molecule is CC(C)=CCC/C(C)=C/C(N)c1ccccc1. The minimum absolute atomic E-state index is 0.0166. The zero-order valence-corrected chi connectivity index (χ0v) is 11.1. The fourth-order valence-corrected chi connectivity index (χ4v) is 1.75. The summed E-state index contributed by atoms with van der Waals surface area (Å²) < 4.78 is 0. The quantitative estimate of drug-likeness (QED) is 0.745. The summed E-state index contributed by atoms with van der Waals surface area (Å²) in [6, 6.07) is 10.2. The molecule has 0 saturated carbocycles. The van der Waals surface area contributed by atoms with Gasteiger partial charge in [-0.05, 0) is 39.2 Å². The summed E-state index contributed by atoms with van der Waals surface area (Å²) in [5.41, 5.74) is 10.1. The minimum Gasteiger partial charge on any atom is -0.321 e. The van der Waals surface area contributed by atoms with E-state index in [1.807, 2.05) is 18.2 Å². The summed E-state index contributed by atoms with van der Waals surface area (Å²) in [6.07, 6.45) is 6.62. The third-order valence-corrected chi connectivity index (χ3v) is 2.74. The smallest absolute Gasteiger partial charge is 0.0483 e. The Morgan fingerprint density at radius 3 is 2.41 bits per heavy atom. The van der Waals surface area contributed by atoms with Crippen LogP contribution in [0.4, 0.5) is 0 Å². The van der Waals surface area contributed by atoms with Crippen molar-refractivity contribution in [3.8, 4) is 0 Å². The van der Waals surface area contributed by atoms with E-state index in [0.29, 0.717) is 0 Å². The average Bonchev–Trinajstić information content (AvgIpc) is 2.29. The van der Waals surface area contributed by atoms with Crippen molar-refractivity contribution in [3.63, 3.8) is 0 Å². The van der Waals surface area contributed by atoms with Gasteiger partial charge in [-0.3, -0.25) is 0 Å². The number of hydrogen-bond donors (Lipinski definition) is 1. The van der Waals surface area contributed by atoms with Crippen LogP contribution in [0.25, 0.3) is 0 Å². The topological polar surface area (TPSA) is 26.0 Å². The van der Waals surface area contributed by atoms with Crippen LogP contribution in [0.2, 0.25) is 0 Å². The van der Waals surface area contributed by atoms with Crippen LogP contribution < -0.4 is 5.73 Å². The van der Waals surface area contributed by atoms with Crippen molar-refractivity contribution in [2.75, 3.05) is 0 Å². The van der Waals surface area contributed by atoms with Crippen molar-refractivity contribution in [2.45, 2.75) is 39.7 Å². The van der Waals surface area contributed by atoms with E-state index in [4.69, 9.17) is 5.73 Å². The molecule has 0 amide bonds. The van der Waals surface area contributed by atoms with Crippen LogP contribution in [0.3, 0.4) is 0 Å². The van der Waals surface area contributed by atoms with Gasteiger partial charge in [-0.25, -0.2) is 0 Å². The van der Waals surface area contributed by atoms with Crippen molar-refractivity contribution in [1.82, 2.24) is 0 Å². The third kappa shape index (κ3) is 5.50. The first-order valence-corrected chi connectivity index (χ1v) is 6.21. The molecule has 2 N–H and O–H groups in total. The van der Waals surface area contributed by atoms with Gasteiger partial charge in [-0.15, -0.1) is 0 Å². The van der Waals surface area contributed by atoms with Crippen molar-refractivity contribution in [3.05, 3.63) is 59.2 Å². The Labute approximate surface area is 105 Å². The number of hydrogen-bond acceptors (Lipinski definition) is 1. The largest absolute Gasteiger partial charge is 0.321 e. The molecule has 0 aliphatic carbocycles. The highest BCUT2D eigenvalue weighted by Gasteiger charge is 2.01. The predicted octanol–water partition coefficient (Wildman–Crippen LogP) is 4.38. The summed E-state index contributed by atoms with van der Waals surface area (Å²) in [7, 11) is 0. The monoisotopic (exact) mass is 229 g/mol. The Morgan fingerprint density at radius 1 is 1.18 bits per heavy atom. The summed E-state index contributed by atoms with van der Waals surface area (Å²) in [4.78, 5) is 0. The van der Waals surface area contributed by atoms with Gasteiger partial charge in [0, 0.05) is 6.04 Å². The van der Waals surface area contributed by atoms with Gasteiger partial charge in [0.05, 0.1) is 0 Å². The van der Waals surface area contributed by atoms with E-state index in [0.717, 1.165) is 12.8 Å². The Morgan fingerprint density at radius 2 is 1.82 bits per heavy atom. The molecule has 0 fully saturated rings. The second kappa shape index (κ2) is 7.08. The van der Waals surface area contributed by atoms with Gasteiger partial charge in [0.1, 0.15) is 0 Å². The molecule has 1 atom stereocenters. The first-order chi connectivity index (χ1) is 8.09. The van der Waals surface area contributed by atoms with E-state index in [-0.39, 0.29) is 6.04 Å². The molecule has 0 saturated heterocycles. The lowest BCUT2D eigenvalue weighted by Gasteiger charge is -2.08. The zero-order valence-electron chi connectivity index (χ0n) is 11.1. The molecule has 0 bridgehead atoms. The van der Waals surface area contributed by atoms with E-state index in [2.05, 4.69) is 45.1 Å². The fraction of sp³-hybridized carbons (Fsp3) is 0.375. The molecule has 1 nitrogen and oxygen atoms in total. The van der Waals surface area contributed by atoms with Crippen LogP contribution >= 0.6 is 0 Å². The summed E-state index contributed by atoms with van der Waals surface area (Å²) in [5, 5.41) is 0. The lowest BCUT2D eigenvalue weighted by atomic mass is 10.0. The molecule has 0 heterocycles. The Balaban J connectivity index is 2.54. The number of benzene rings is 1. The van der Waals surface area contributed by atoms with E-state index >= 15 is 0 Å². The minimum atomic E-state index is 0.0166. The van der Waals surface area contributed by atoms with E-state index < -0.39 is 0 Å². The molecule has 17 heavy (non-hydrogen) atoms. The molecule has 0 spiro atoms. The average molecular weight is 229 g/mol. The van der Waals surface area contributed by atoms with Gasteiger partial charge in [0.15, 0.2) is 0 Å². The maximum Gasteiger partial charge on any atom is 0.0483 e. The van der Waals surface area contributed by atoms with Gasteiger partial charge >= 0.3 is 0 Å². The zero-order chi connectivity index (χ0) is 12.7. The van der Waals surface area contributed by atoms with Crippen molar-refractivity contribution < 1.29 is 0 Å². The highest BCUT2D eigenvalue weighted by Crippen LogP contribution is 2.15. The molecule has 1 rings (SSSR count). The molecule has 0 aliphatic rings. The highest BCUT2D eigenvalue weighted by molar-refractivity contribution is 5.23. The van der Waals surface area contributed by atoms with E-state index in [9.17, 15) is 0 Å². The molecule has 92 valence electrons. The van der Waals surface area contributed by atoms with E-state index in [1.54, 1.807) is 0 Å². The van der Waals surface area contributed by atoms with Crippen LogP contribution in [0.1, 0.15) is 45.2 Å². The first-order valence-electron chi connectivity index (χ1n) is 6.21. The normalized spacial score (nSPS) is 13.3. The summed E-state index contributed by atoms with van der Waals surface area (Å²) in [5.74, 6) is 0. The van der Waals surface area contributed by atoms with Crippen LogP contribution in [0, 0.1) is 0 Å². The molecule has 1 aromatic carbocycles. The molecule has 0 radical (unpaired) electrons. The maximum absolute atomic E-state index is 6.14. The first kappa shape index (κ1) is 13.7. The van der Waals surface area contributed by atoms with Gasteiger partial charge in [-0.2, -0.15) is 0 Å². The van der Waals surface area contributed by atoms with Crippen molar-refractivity contribution in [1.29, 1.82) is 0 Å². The molecular weight excluding hydrogens is 206 g/mol. The molecule has 1 unspecified atom stereocenters. The van der Waals surface area contributed by atoms with Gasteiger partial charge in [0.25, 0.3) is 0 Å². The summed E-state index contributed by atoms with van der Waals surface area (Å²) in [6.45, 7) is 6.42. The molecule has 0 aliphatic heterocycles. The number of rotatable bonds is 5. The number of nitrogens with two attached hydrogens (primary N) is 1.